The Hall–Kier alpha value is -3.48. The topological polar surface area (TPSA) is 74.6 Å². The second-order valence-corrected chi connectivity index (χ2v) is 7.49. The highest BCUT2D eigenvalue weighted by Gasteiger charge is 2.08. The summed E-state index contributed by atoms with van der Waals surface area (Å²) in [5.74, 6) is 0. The van der Waals surface area contributed by atoms with E-state index in [4.69, 9.17) is 23.2 Å². The summed E-state index contributed by atoms with van der Waals surface area (Å²) in [6.45, 7) is 0. The number of rotatable bonds is 4. The van der Waals surface area contributed by atoms with Gasteiger partial charge in [-0.05, 0) is 66.7 Å². The summed E-state index contributed by atoms with van der Waals surface area (Å²) in [7, 11) is 0. The van der Waals surface area contributed by atoms with Crippen LogP contribution in [0, 0.1) is 0 Å². The van der Waals surface area contributed by atoms with Crippen LogP contribution in [0.4, 0.5) is 11.4 Å². The first-order valence-electron chi connectivity index (χ1n) is 9.12. The molecule has 0 fully saturated rings. The molecule has 5 aromatic rings. The average molecular weight is 433 g/mol. The molecule has 0 radical (unpaired) electrons. The Morgan fingerprint density at radius 3 is 2.00 bits per heavy atom. The van der Waals surface area contributed by atoms with Crippen LogP contribution >= 0.6 is 23.2 Å². The highest BCUT2D eigenvalue weighted by molar-refractivity contribution is 6.30. The van der Waals surface area contributed by atoms with E-state index in [9.17, 15) is 0 Å². The number of benzene rings is 3. The lowest BCUT2D eigenvalue weighted by atomic mass is 10.2. The lowest BCUT2D eigenvalue weighted by Gasteiger charge is -1.98. The minimum Gasteiger partial charge on any atom is -0.278 e. The fourth-order valence-corrected chi connectivity index (χ4v) is 3.36. The van der Waals surface area contributed by atoms with Gasteiger partial charge in [0.2, 0.25) is 0 Å². The van der Waals surface area contributed by atoms with Gasteiger partial charge in [0.05, 0.1) is 28.6 Å². The number of halogens is 2. The maximum absolute atomic E-state index is 5.92. The first-order valence-corrected chi connectivity index (χ1v) is 9.88. The predicted octanol–water partition coefficient (Wildman–Crippen LogP) is 4.82. The monoisotopic (exact) mass is 432 g/mol. The Labute approximate surface area is 181 Å². The second-order valence-electron chi connectivity index (χ2n) is 6.61. The molecule has 0 saturated carbocycles. The summed E-state index contributed by atoms with van der Waals surface area (Å²) in [5.41, 5.74) is 9.95. The smallest absolute Gasteiger partial charge is 0.173 e. The average Bonchev–Trinajstić information content (AvgIpc) is 3.36. The van der Waals surface area contributed by atoms with Crippen LogP contribution in [-0.2, 0) is 0 Å². The van der Waals surface area contributed by atoms with Gasteiger partial charge in [0, 0.05) is 20.8 Å². The first-order chi connectivity index (χ1) is 14.7. The van der Waals surface area contributed by atoms with E-state index in [0.717, 1.165) is 38.5 Å². The molecule has 0 unspecified atom stereocenters. The van der Waals surface area contributed by atoms with Crippen LogP contribution in [0.1, 0.15) is 0 Å². The number of nitrogens with one attached hydrogen (secondary N) is 2. The van der Waals surface area contributed by atoms with Crippen LogP contribution in [0.25, 0.3) is 21.8 Å². The van der Waals surface area contributed by atoms with E-state index in [2.05, 4.69) is 31.0 Å². The van der Waals surface area contributed by atoms with Gasteiger partial charge in [-0.2, -0.15) is 10.2 Å². The number of fused-ring (bicyclic) bond motifs is 3. The molecule has 0 aliphatic heterocycles. The Bertz CT molecular complexity index is 1450. The third-order valence-corrected chi connectivity index (χ3v) is 5.09. The number of anilines is 2. The predicted molar refractivity (Wildman–Crippen MR) is 121 cm³/mol. The molecule has 0 aliphatic carbocycles. The largest absolute Gasteiger partial charge is 0.278 e. The molecule has 6 nitrogen and oxygen atoms in total. The van der Waals surface area contributed by atoms with Gasteiger partial charge in [-0.25, -0.2) is 4.98 Å². The van der Waals surface area contributed by atoms with E-state index in [1.807, 2.05) is 54.6 Å². The van der Waals surface area contributed by atoms with Gasteiger partial charge >= 0.3 is 0 Å². The molecular weight excluding hydrogens is 419 g/mol. The minimum atomic E-state index is 0.577. The Balaban J connectivity index is 1.48. The van der Waals surface area contributed by atoms with Gasteiger partial charge in [-0.3, -0.25) is 15.8 Å². The summed E-state index contributed by atoms with van der Waals surface area (Å²) in [6.07, 6.45) is 1.74. The van der Waals surface area contributed by atoms with Crippen molar-refractivity contribution in [1.29, 1.82) is 0 Å². The summed E-state index contributed by atoms with van der Waals surface area (Å²) < 4.78 is 0. The normalized spacial score (nSPS) is 12.7. The molecule has 2 N–H and O–H groups in total. The molecule has 0 saturated heterocycles. The molecule has 3 aromatic carbocycles. The van der Waals surface area contributed by atoms with E-state index < -0.39 is 0 Å². The molecule has 0 bridgehead atoms. The Kier molecular flexibility index (Phi) is 4.78. The van der Waals surface area contributed by atoms with Gasteiger partial charge in [0.15, 0.2) is 5.49 Å². The van der Waals surface area contributed by atoms with Crippen LogP contribution in [0.3, 0.4) is 0 Å². The third-order valence-electron chi connectivity index (χ3n) is 4.59. The van der Waals surface area contributed by atoms with Crippen molar-refractivity contribution in [2.75, 3.05) is 10.9 Å². The lowest BCUT2D eigenvalue weighted by molar-refractivity contribution is 1.14. The molecule has 0 aliphatic rings. The lowest BCUT2D eigenvalue weighted by Crippen LogP contribution is -2.04. The maximum atomic E-state index is 5.92. The van der Waals surface area contributed by atoms with Crippen molar-refractivity contribution in [2.24, 2.45) is 10.2 Å². The van der Waals surface area contributed by atoms with Crippen LogP contribution in [0.15, 0.2) is 83.1 Å². The van der Waals surface area contributed by atoms with Crippen LogP contribution in [0.5, 0.6) is 0 Å². The molecule has 0 amide bonds. The highest BCUT2D eigenvalue weighted by atomic mass is 35.5. The van der Waals surface area contributed by atoms with E-state index in [0.29, 0.717) is 15.5 Å². The van der Waals surface area contributed by atoms with Gasteiger partial charge < -0.3 is 0 Å². The molecule has 30 heavy (non-hydrogen) atoms. The van der Waals surface area contributed by atoms with Gasteiger partial charge in [-0.15, -0.1) is 0 Å². The zero-order valence-corrected chi connectivity index (χ0v) is 17.0. The zero-order chi connectivity index (χ0) is 20.5. The molecule has 5 rings (SSSR count). The molecule has 0 atom stereocenters. The van der Waals surface area contributed by atoms with Crippen molar-refractivity contribution in [3.8, 4) is 0 Å². The van der Waals surface area contributed by atoms with Crippen LogP contribution in [-0.4, -0.2) is 9.97 Å². The van der Waals surface area contributed by atoms with Crippen molar-refractivity contribution < 1.29 is 0 Å². The minimum absolute atomic E-state index is 0.577. The molecule has 2 aromatic heterocycles. The van der Waals surface area contributed by atoms with E-state index in [1.54, 1.807) is 18.3 Å². The van der Waals surface area contributed by atoms with Gasteiger partial charge in [0.25, 0.3) is 0 Å². The SMILES string of the molecule is Clc1ccc(N/N=c2/cc3c(ccc4/c(=N/Nc5ccc(Cl)cc5)cnc43)n2)cc1. The zero-order valence-electron chi connectivity index (χ0n) is 15.5. The summed E-state index contributed by atoms with van der Waals surface area (Å²) >= 11 is 11.8. The molecular formula is C22H14Cl2N6. The number of hydrogen-bond donors (Lipinski definition) is 2. The number of aromatic nitrogens is 2. The van der Waals surface area contributed by atoms with Gasteiger partial charge in [0.1, 0.15) is 5.36 Å². The third kappa shape index (κ3) is 3.70. The quantitative estimate of drug-likeness (QED) is 0.399. The molecule has 146 valence electrons. The maximum Gasteiger partial charge on any atom is 0.173 e. The molecule has 0 spiro atoms. The van der Waals surface area contributed by atoms with Crippen molar-refractivity contribution in [3.05, 3.63) is 93.8 Å². The second kappa shape index (κ2) is 7.74. The molecule has 8 heteroatoms. The Morgan fingerprint density at radius 1 is 0.700 bits per heavy atom. The van der Waals surface area contributed by atoms with Crippen LogP contribution in [0.2, 0.25) is 10.0 Å². The molecule has 2 heterocycles. The number of nitrogens with zero attached hydrogens (tertiary/aromatic N) is 4. The fraction of sp³-hybridized carbons (Fsp3) is 0. The van der Waals surface area contributed by atoms with E-state index in [-0.39, 0.29) is 0 Å². The summed E-state index contributed by atoms with van der Waals surface area (Å²) in [4.78, 5) is 9.10. The van der Waals surface area contributed by atoms with Crippen molar-refractivity contribution in [1.82, 2.24) is 9.97 Å². The standard InChI is InChI=1S/C22H14Cl2N6/c23-13-1-5-15(6-2-13)27-29-20-12-25-22-17(20)9-10-19-18(22)11-21(26-19)30-28-16-7-3-14(24)4-8-16/h1-12,27-28H/b29-20+,30-21-. The number of hydrogen-bond acceptors (Lipinski definition) is 6. The summed E-state index contributed by atoms with van der Waals surface area (Å²) in [6, 6.07) is 20.5. The van der Waals surface area contributed by atoms with E-state index >= 15 is 0 Å². The van der Waals surface area contributed by atoms with Crippen molar-refractivity contribution in [3.63, 3.8) is 0 Å². The van der Waals surface area contributed by atoms with Crippen molar-refractivity contribution in [2.45, 2.75) is 0 Å². The highest BCUT2D eigenvalue weighted by Crippen LogP contribution is 2.20. The summed E-state index contributed by atoms with van der Waals surface area (Å²) in [5, 5.41) is 12.8. The van der Waals surface area contributed by atoms with Gasteiger partial charge in [-0.1, -0.05) is 23.2 Å². The van der Waals surface area contributed by atoms with Crippen molar-refractivity contribution >= 4 is 56.4 Å². The van der Waals surface area contributed by atoms with E-state index in [1.165, 1.54) is 0 Å². The van der Waals surface area contributed by atoms with Crippen LogP contribution < -0.4 is 21.7 Å². The fourth-order valence-electron chi connectivity index (χ4n) is 3.10. The Morgan fingerprint density at radius 2 is 1.33 bits per heavy atom. The first kappa shape index (κ1) is 18.5.